The number of rotatable bonds is 10. The van der Waals surface area contributed by atoms with E-state index in [2.05, 4.69) is 30.2 Å². The van der Waals surface area contributed by atoms with E-state index in [4.69, 9.17) is 0 Å². The first kappa shape index (κ1) is 39.3. The number of thiazole rings is 1. The monoisotopic (exact) mass is 852 g/mol. The molecule has 2 aromatic carbocycles. The Kier molecular flexibility index (Phi) is 8.95. The summed E-state index contributed by atoms with van der Waals surface area (Å²) >= 11 is 0.974. The van der Waals surface area contributed by atoms with Crippen LogP contribution in [0.5, 0.6) is 0 Å². The third-order valence-corrected chi connectivity index (χ3v) is 11.8. The number of alkyl halides is 5. The van der Waals surface area contributed by atoms with Crippen molar-refractivity contribution in [2.75, 3.05) is 30.0 Å². The molecule has 0 aliphatic heterocycles. The van der Waals surface area contributed by atoms with Gasteiger partial charge in [0.2, 0.25) is 15.9 Å². The van der Waals surface area contributed by atoms with Gasteiger partial charge in [0.1, 0.15) is 34.4 Å². The van der Waals surface area contributed by atoms with Gasteiger partial charge in [0, 0.05) is 45.1 Å². The van der Waals surface area contributed by atoms with E-state index in [9.17, 15) is 40.0 Å². The zero-order valence-corrected chi connectivity index (χ0v) is 32.5. The van der Waals surface area contributed by atoms with Gasteiger partial charge in [0.15, 0.2) is 22.3 Å². The van der Waals surface area contributed by atoms with Gasteiger partial charge in [-0.2, -0.15) is 37.1 Å². The Morgan fingerprint density at radius 2 is 1.79 bits per heavy atom. The first-order valence-corrected chi connectivity index (χ1v) is 20.1. The number of amides is 1. The molecule has 58 heavy (non-hydrogen) atoms. The largest absolute Gasteiger partial charge is 0.435 e. The number of nitrogens with zero attached hydrogens (tertiary/aromatic N) is 8. The summed E-state index contributed by atoms with van der Waals surface area (Å²) in [5, 5.41) is 10.9. The van der Waals surface area contributed by atoms with E-state index in [1.54, 1.807) is 32.0 Å². The average molecular weight is 853 g/mol. The van der Waals surface area contributed by atoms with E-state index in [1.807, 2.05) is 0 Å². The minimum atomic E-state index is -5.10. The van der Waals surface area contributed by atoms with Crippen molar-refractivity contribution in [3.8, 4) is 5.69 Å². The summed E-state index contributed by atoms with van der Waals surface area (Å²) in [6, 6.07) is 4.04. The number of carbonyl (C=O) groups is 1. The molecule has 14 nitrogen and oxygen atoms in total. The number of benzene rings is 2. The topological polar surface area (TPSA) is 162 Å². The lowest BCUT2D eigenvalue weighted by Gasteiger charge is -2.23. The van der Waals surface area contributed by atoms with Crippen LogP contribution in [-0.2, 0) is 46.9 Å². The molecule has 306 valence electrons. The molecule has 4 aromatic heterocycles. The predicted molar refractivity (Wildman–Crippen MR) is 198 cm³/mol. The summed E-state index contributed by atoms with van der Waals surface area (Å²) in [6.45, 7) is 0.538. The first-order chi connectivity index (χ1) is 27.0. The van der Waals surface area contributed by atoms with E-state index in [0.717, 1.165) is 34.3 Å². The van der Waals surface area contributed by atoms with Crippen LogP contribution in [0.25, 0.3) is 26.9 Å². The summed E-state index contributed by atoms with van der Waals surface area (Å²) < 4.78 is 132. The molecule has 3 atom stereocenters. The summed E-state index contributed by atoms with van der Waals surface area (Å²) in [5.74, 6) is -9.65. The molecule has 0 bridgehead atoms. The number of aryl methyl sites for hydroxylation is 2. The van der Waals surface area contributed by atoms with E-state index >= 15 is 8.78 Å². The summed E-state index contributed by atoms with van der Waals surface area (Å²) in [4.78, 5) is 39.4. The quantitative estimate of drug-likeness (QED) is 0.175. The highest BCUT2D eigenvalue weighted by Crippen LogP contribution is 2.68. The van der Waals surface area contributed by atoms with E-state index in [0.29, 0.717) is 21.4 Å². The fourth-order valence-corrected chi connectivity index (χ4v) is 9.02. The van der Waals surface area contributed by atoms with Crippen molar-refractivity contribution in [1.82, 2.24) is 39.4 Å². The lowest BCUT2D eigenvalue weighted by atomic mass is 10.0. The van der Waals surface area contributed by atoms with Crippen molar-refractivity contribution >= 4 is 59.5 Å². The van der Waals surface area contributed by atoms with Gasteiger partial charge in [-0.3, -0.25) is 28.2 Å². The van der Waals surface area contributed by atoms with Crippen molar-refractivity contribution in [2.24, 2.45) is 13.0 Å². The molecule has 1 saturated carbocycles. The van der Waals surface area contributed by atoms with Gasteiger partial charge < -0.3 is 10.2 Å². The SMILES string of the molecule is Cc1ccc(-n2c([C@H](Cc3cc(F)cc(F)c3)NC(=O)Cn3nc(C(F)(F)F)c4c3C(F)(F)[C@@H]3C[C@H]43)nc3nc(N(C)C)sc3c2=O)c2c1c(NS(C)(=O)=O)nn2C. The molecule has 1 fully saturated rings. The van der Waals surface area contributed by atoms with Crippen LogP contribution >= 0.6 is 11.3 Å². The summed E-state index contributed by atoms with van der Waals surface area (Å²) in [7, 11) is 0.956. The average Bonchev–Trinajstić information content (AvgIpc) is 3.34. The molecule has 0 unspecified atom stereocenters. The van der Waals surface area contributed by atoms with Crippen molar-refractivity contribution in [2.45, 2.75) is 50.4 Å². The number of nitrogens with one attached hydrogen (secondary N) is 2. The first-order valence-electron chi connectivity index (χ1n) is 17.4. The van der Waals surface area contributed by atoms with Crippen molar-refractivity contribution < 1.29 is 43.9 Å². The van der Waals surface area contributed by atoms with Gasteiger partial charge in [-0.25, -0.2) is 22.2 Å². The number of carbonyl (C=O) groups excluding carboxylic acids is 1. The minimum Gasteiger partial charge on any atom is -0.354 e. The maximum Gasteiger partial charge on any atom is 0.435 e. The zero-order chi connectivity index (χ0) is 42.0. The normalized spacial score (nSPS) is 17.7. The Morgan fingerprint density at radius 3 is 2.43 bits per heavy atom. The lowest BCUT2D eigenvalue weighted by molar-refractivity contribution is -0.142. The maximum absolute atomic E-state index is 15.4. The number of sulfonamides is 1. The highest BCUT2D eigenvalue weighted by atomic mass is 32.2. The van der Waals surface area contributed by atoms with E-state index in [-0.39, 0.29) is 50.6 Å². The fourth-order valence-electron chi connectivity index (χ4n) is 7.66. The lowest BCUT2D eigenvalue weighted by Crippen LogP contribution is -2.38. The molecular formula is C35H31F7N10O4S2. The van der Waals surface area contributed by atoms with Crippen LogP contribution in [0, 0.1) is 24.5 Å². The molecule has 0 spiro atoms. The number of halogens is 7. The highest BCUT2D eigenvalue weighted by Gasteiger charge is 2.68. The van der Waals surface area contributed by atoms with Crippen LogP contribution in [0.1, 0.15) is 52.3 Å². The third-order valence-electron chi connectivity index (χ3n) is 10.0. The second-order valence-electron chi connectivity index (χ2n) is 14.6. The van der Waals surface area contributed by atoms with Gasteiger partial charge in [-0.15, -0.1) is 0 Å². The van der Waals surface area contributed by atoms with Gasteiger partial charge in [0.25, 0.3) is 11.5 Å². The van der Waals surface area contributed by atoms with E-state index in [1.165, 1.54) is 17.8 Å². The molecule has 4 heterocycles. The van der Waals surface area contributed by atoms with Crippen molar-refractivity contribution in [3.05, 3.63) is 86.2 Å². The molecule has 23 heteroatoms. The second-order valence-corrected chi connectivity index (χ2v) is 17.3. The molecule has 2 N–H and O–H groups in total. The molecule has 2 aliphatic rings. The zero-order valence-electron chi connectivity index (χ0n) is 30.9. The number of anilines is 2. The third kappa shape index (κ3) is 6.62. The van der Waals surface area contributed by atoms with Crippen LogP contribution in [0.2, 0.25) is 0 Å². The van der Waals surface area contributed by atoms with Gasteiger partial charge >= 0.3 is 6.18 Å². The maximum atomic E-state index is 15.4. The Bertz CT molecular complexity index is 2860. The van der Waals surface area contributed by atoms with Gasteiger partial charge in [-0.1, -0.05) is 17.4 Å². The summed E-state index contributed by atoms with van der Waals surface area (Å²) in [5.41, 5.74) is -3.28. The predicted octanol–water partition coefficient (Wildman–Crippen LogP) is 5.28. The number of hydrogen-bond acceptors (Lipinski definition) is 10. The van der Waals surface area contributed by atoms with Crippen LogP contribution in [0.15, 0.2) is 35.1 Å². The van der Waals surface area contributed by atoms with Crippen LogP contribution < -0.4 is 20.5 Å². The Morgan fingerprint density at radius 1 is 1.10 bits per heavy atom. The standard InChI is InChI=1S/C35H31F7N10O4S2/c1-14-6-7-21(25-23(14)29(47-50(25)4)48-58(5,55)56)52-31(44-30-26(32(52)54)57-33(45-30)49(2)3)20(10-15-8-16(36)11-17(37)9-15)43-22(53)13-51-28-24(27(46-51)35(40,41)42)18-12-19(18)34(28,38)39/h6-9,11,18-20H,10,12-13H2,1-5H3,(H,43,53)(H,47,48)/t18-,19+,20-/m0/s1. The Labute approximate surface area is 327 Å². The molecule has 0 radical (unpaired) electrons. The smallest absolute Gasteiger partial charge is 0.354 e. The fraction of sp³-hybridized carbons (Fsp3) is 0.371. The van der Waals surface area contributed by atoms with Gasteiger partial charge in [0.05, 0.1) is 28.9 Å². The molecule has 6 aromatic rings. The van der Waals surface area contributed by atoms with Crippen LogP contribution in [0.3, 0.4) is 0 Å². The van der Waals surface area contributed by atoms with Crippen LogP contribution in [0.4, 0.5) is 41.7 Å². The Balaban J connectivity index is 1.33. The van der Waals surface area contributed by atoms with Crippen molar-refractivity contribution in [1.29, 1.82) is 0 Å². The van der Waals surface area contributed by atoms with E-state index < -0.39 is 93.0 Å². The molecule has 1 amide bonds. The minimum absolute atomic E-state index is 0.0345. The Hall–Kier alpha value is -5.58. The molecule has 2 aliphatic carbocycles. The number of fused-ring (bicyclic) bond motifs is 5. The van der Waals surface area contributed by atoms with Crippen LogP contribution in [-0.4, -0.2) is 68.8 Å². The molecule has 8 rings (SSSR count). The highest BCUT2D eigenvalue weighted by molar-refractivity contribution is 7.92. The van der Waals surface area contributed by atoms with Crippen molar-refractivity contribution in [3.63, 3.8) is 0 Å². The van der Waals surface area contributed by atoms with Gasteiger partial charge in [-0.05, 0) is 48.6 Å². The second kappa shape index (κ2) is 13.2. The summed E-state index contributed by atoms with van der Waals surface area (Å²) in [6.07, 6.45) is -4.83. The molecule has 0 saturated heterocycles. The number of aromatic nitrogens is 7. The molecular weight excluding hydrogens is 822 g/mol. The number of hydrogen-bond donors (Lipinski definition) is 2.